The molecule has 96 valence electrons. The van der Waals surface area contributed by atoms with Crippen molar-refractivity contribution >= 4 is 5.91 Å². The van der Waals surface area contributed by atoms with E-state index >= 15 is 0 Å². The molecule has 0 bridgehead atoms. The van der Waals surface area contributed by atoms with Crippen molar-refractivity contribution in [3.05, 3.63) is 0 Å². The second-order valence-corrected chi connectivity index (χ2v) is 4.29. The first-order valence-corrected chi connectivity index (χ1v) is 6.24. The van der Waals surface area contributed by atoms with Gasteiger partial charge >= 0.3 is 0 Å². The zero-order valence-electron chi connectivity index (χ0n) is 10.6. The Morgan fingerprint density at radius 2 is 2.00 bits per heavy atom. The van der Waals surface area contributed by atoms with Crippen LogP contribution in [-0.2, 0) is 9.53 Å². The molecule has 4 N–H and O–H groups in total. The van der Waals surface area contributed by atoms with Crippen LogP contribution in [-0.4, -0.2) is 25.2 Å². The van der Waals surface area contributed by atoms with Gasteiger partial charge in [-0.3, -0.25) is 4.79 Å². The summed E-state index contributed by atoms with van der Waals surface area (Å²) in [5, 5.41) is 0. The molecule has 0 rings (SSSR count). The topological polar surface area (TPSA) is 78.3 Å². The van der Waals surface area contributed by atoms with Gasteiger partial charge in [-0.2, -0.15) is 0 Å². The molecular formula is C12H26N2O2. The van der Waals surface area contributed by atoms with Crippen LogP contribution in [0.4, 0.5) is 0 Å². The minimum atomic E-state index is -0.573. The Kier molecular flexibility index (Phi) is 9.24. The average Bonchev–Trinajstić information content (AvgIpc) is 2.27. The summed E-state index contributed by atoms with van der Waals surface area (Å²) in [6, 6.07) is -0.573. The van der Waals surface area contributed by atoms with Crippen molar-refractivity contribution in [2.45, 2.75) is 52.0 Å². The molecule has 0 spiro atoms. The van der Waals surface area contributed by atoms with E-state index in [1.807, 2.05) is 0 Å². The van der Waals surface area contributed by atoms with Crippen LogP contribution in [0.1, 0.15) is 46.0 Å². The van der Waals surface area contributed by atoms with Crippen LogP contribution >= 0.6 is 0 Å². The quantitative estimate of drug-likeness (QED) is 0.557. The molecule has 0 aliphatic heterocycles. The predicted octanol–water partition coefficient (Wildman–Crippen LogP) is 1.42. The lowest BCUT2D eigenvalue weighted by molar-refractivity contribution is -0.119. The molecule has 0 radical (unpaired) electrons. The highest BCUT2D eigenvalue weighted by Gasteiger charge is 2.10. The van der Waals surface area contributed by atoms with Gasteiger partial charge < -0.3 is 16.2 Å². The van der Waals surface area contributed by atoms with Crippen LogP contribution in [0.15, 0.2) is 0 Å². The summed E-state index contributed by atoms with van der Waals surface area (Å²) in [7, 11) is 0. The van der Waals surface area contributed by atoms with Crippen LogP contribution in [0.25, 0.3) is 0 Å². The summed E-state index contributed by atoms with van der Waals surface area (Å²) >= 11 is 0. The number of primary amides is 1. The Morgan fingerprint density at radius 3 is 2.50 bits per heavy atom. The molecule has 4 nitrogen and oxygen atoms in total. The fraction of sp³-hybridized carbons (Fsp3) is 0.917. The molecule has 16 heavy (non-hydrogen) atoms. The predicted molar refractivity (Wildman–Crippen MR) is 65.9 cm³/mol. The zero-order valence-corrected chi connectivity index (χ0v) is 10.6. The Bertz CT molecular complexity index is 186. The Labute approximate surface area is 98.7 Å². The van der Waals surface area contributed by atoms with E-state index in [0.717, 1.165) is 13.0 Å². The van der Waals surface area contributed by atoms with Gasteiger partial charge in [0.15, 0.2) is 0 Å². The fourth-order valence-electron chi connectivity index (χ4n) is 1.50. The van der Waals surface area contributed by atoms with E-state index in [2.05, 4.69) is 13.8 Å². The normalized spacial score (nSPS) is 14.7. The van der Waals surface area contributed by atoms with Crippen molar-refractivity contribution in [1.82, 2.24) is 0 Å². The molecule has 0 aromatic heterocycles. The van der Waals surface area contributed by atoms with Gasteiger partial charge in [-0.05, 0) is 18.8 Å². The third-order valence-electron chi connectivity index (χ3n) is 2.84. The van der Waals surface area contributed by atoms with Gasteiger partial charge in [0.1, 0.15) is 0 Å². The van der Waals surface area contributed by atoms with Crippen LogP contribution in [0.5, 0.6) is 0 Å². The standard InChI is InChI=1S/C12H26N2O2/c1-3-5-6-10(4-2)9-16-8-7-11(13)12(14)15/h10-11H,3-9,13H2,1-2H3,(H2,14,15). The number of hydrogen-bond acceptors (Lipinski definition) is 3. The lowest BCUT2D eigenvalue weighted by Crippen LogP contribution is -2.37. The van der Waals surface area contributed by atoms with Gasteiger partial charge in [0, 0.05) is 13.2 Å². The SMILES string of the molecule is CCCCC(CC)COCCC(N)C(N)=O. The maximum atomic E-state index is 10.7. The van der Waals surface area contributed by atoms with Crippen molar-refractivity contribution in [2.24, 2.45) is 17.4 Å². The van der Waals surface area contributed by atoms with E-state index in [0.29, 0.717) is 18.9 Å². The van der Waals surface area contributed by atoms with Gasteiger partial charge in [0.05, 0.1) is 6.04 Å². The number of carbonyl (C=O) groups is 1. The Morgan fingerprint density at radius 1 is 1.31 bits per heavy atom. The average molecular weight is 230 g/mol. The highest BCUT2D eigenvalue weighted by molar-refractivity contribution is 5.79. The van der Waals surface area contributed by atoms with Crippen LogP contribution in [0.2, 0.25) is 0 Å². The van der Waals surface area contributed by atoms with Crippen molar-refractivity contribution in [3.8, 4) is 0 Å². The van der Waals surface area contributed by atoms with E-state index in [4.69, 9.17) is 16.2 Å². The first-order chi connectivity index (χ1) is 7.61. The summed E-state index contributed by atoms with van der Waals surface area (Å²) in [5.41, 5.74) is 10.5. The van der Waals surface area contributed by atoms with Crippen molar-refractivity contribution < 1.29 is 9.53 Å². The first kappa shape index (κ1) is 15.4. The van der Waals surface area contributed by atoms with Crippen molar-refractivity contribution in [1.29, 1.82) is 0 Å². The molecule has 4 heteroatoms. The summed E-state index contributed by atoms with van der Waals surface area (Å²) in [5.74, 6) is 0.173. The van der Waals surface area contributed by atoms with E-state index in [-0.39, 0.29) is 0 Å². The van der Waals surface area contributed by atoms with E-state index in [1.165, 1.54) is 19.3 Å². The third kappa shape index (κ3) is 7.65. The number of amides is 1. The van der Waals surface area contributed by atoms with Gasteiger partial charge in [0.2, 0.25) is 5.91 Å². The Hall–Kier alpha value is -0.610. The highest BCUT2D eigenvalue weighted by atomic mass is 16.5. The molecule has 0 aliphatic rings. The van der Waals surface area contributed by atoms with E-state index in [1.54, 1.807) is 0 Å². The molecule has 2 unspecified atom stereocenters. The summed E-state index contributed by atoms with van der Waals surface area (Å²) in [4.78, 5) is 10.7. The van der Waals surface area contributed by atoms with E-state index in [9.17, 15) is 4.79 Å². The minimum Gasteiger partial charge on any atom is -0.381 e. The van der Waals surface area contributed by atoms with Gasteiger partial charge in [0.25, 0.3) is 0 Å². The number of hydrogen-bond donors (Lipinski definition) is 2. The van der Waals surface area contributed by atoms with E-state index < -0.39 is 11.9 Å². The molecule has 1 amide bonds. The van der Waals surface area contributed by atoms with Crippen LogP contribution in [0.3, 0.4) is 0 Å². The molecule has 0 saturated carbocycles. The van der Waals surface area contributed by atoms with Crippen molar-refractivity contribution in [2.75, 3.05) is 13.2 Å². The molecule has 0 aromatic carbocycles. The summed E-state index contributed by atoms with van der Waals surface area (Å²) in [6.07, 6.45) is 5.35. The monoisotopic (exact) mass is 230 g/mol. The molecule has 0 aromatic rings. The number of carbonyl (C=O) groups excluding carboxylic acids is 1. The first-order valence-electron chi connectivity index (χ1n) is 6.24. The molecule has 0 aliphatic carbocycles. The second-order valence-electron chi connectivity index (χ2n) is 4.29. The number of nitrogens with two attached hydrogens (primary N) is 2. The highest BCUT2D eigenvalue weighted by Crippen LogP contribution is 2.12. The molecule has 0 heterocycles. The number of ether oxygens (including phenoxy) is 1. The maximum Gasteiger partial charge on any atom is 0.234 e. The number of rotatable bonds is 10. The summed E-state index contributed by atoms with van der Waals surface area (Å²) < 4.78 is 5.52. The van der Waals surface area contributed by atoms with Gasteiger partial charge in [-0.1, -0.05) is 33.1 Å². The van der Waals surface area contributed by atoms with Crippen LogP contribution in [0, 0.1) is 5.92 Å². The van der Waals surface area contributed by atoms with Crippen molar-refractivity contribution in [3.63, 3.8) is 0 Å². The molecule has 2 atom stereocenters. The summed E-state index contributed by atoms with van der Waals surface area (Å²) in [6.45, 7) is 5.66. The molecular weight excluding hydrogens is 204 g/mol. The molecule has 0 fully saturated rings. The fourth-order valence-corrected chi connectivity index (χ4v) is 1.50. The lowest BCUT2D eigenvalue weighted by Gasteiger charge is -2.15. The largest absolute Gasteiger partial charge is 0.381 e. The molecule has 0 saturated heterocycles. The number of unbranched alkanes of at least 4 members (excludes halogenated alkanes) is 1. The van der Waals surface area contributed by atoms with Gasteiger partial charge in [-0.15, -0.1) is 0 Å². The zero-order chi connectivity index (χ0) is 12.4. The Balaban J connectivity index is 3.51. The minimum absolute atomic E-state index is 0.457. The van der Waals surface area contributed by atoms with Gasteiger partial charge in [-0.25, -0.2) is 0 Å². The lowest BCUT2D eigenvalue weighted by atomic mass is 10.0. The maximum absolute atomic E-state index is 10.7. The van der Waals surface area contributed by atoms with Crippen LogP contribution < -0.4 is 11.5 Å². The third-order valence-corrected chi connectivity index (χ3v) is 2.84. The second kappa shape index (κ2) is 9.60. The smallest absolute Gasteiger partial charge is 0.234 e.